The zero-order valence-electron chi connectivity index (χ0n) is 13.7. The van der Waals surface area contributed by atoms with Crippen LogP contribution < -0.4 is 0 Å². The molecular formula is C18H19FN4O. The molecule has 124 valence electrons. The van der Waals surface area contributed by atoms with E-state index in [1.165, 1.54) is 12.1 Å². The van der Waals surface area contributed by atoms with Crippen LogP contribution in [0.2, 0.25) is 0 Å². The number of nitrogens with zero attached hydrogens (tertiary/aromatic N) is 4. The molecule has 1 heterocycles. The van der Waals surface area contributed by atoms with Crippen molar-refractivity contribution in [3.05, 3.63) is 59.4 Å². The molecule has 6 heteroatoms. The fourth-order valence-electron chi connectivity index (χ4n) is 2.70. The van der Waals surface area contributed by atoms with Crippen LogP contribution in [-0.4, -0.2) is 32.3 Å². The number of halogens is 1. The number of fused-ring (bicyclic) bond motifs is 1. The van der Waals surface area contributed by atoms with Crippen LogP contribution in [0.15, 0.2) is 42.5 Å². The molecule has 0 bridgehead atoms. The second-order valence-corrected chi connectivity index (χ2v) is 5.56. The van der Waals surface area contributed by atoms with Gasteiger partial charge in [-0.25, -0.2) is 9.07 Å². The molecule has 0 radical (unpaired) electrons. The van der Waals surface area contributed by atoms with E-state index in [-0.39, 0.29) is 11.7 Å². The Morgan fingerprint density at radius 3 is 2.75 bits per heavy atom. The van der Waals surface area contributed by atoms with E-state index in [0.717, 1.165) is 17.6 Å². The summed E-state index contributed by atoms with van der Waals surface area (Å²) in [6.45, 7) is 5.53. The molecule has 0 atom stereocenters. The zero-order chi connectivity index (χ0) is 17.1. The van der Waals surface area contributed by atoms with Gasteiger partial charge in [0.15, 0.2) is 0 Å². The van der Waals surface area contributed by atoms with Gasteiger partial charge < -0.3 is 4.90 Å². The molecule has 0 aliphatic rings. The molecule has 5 nitrogen and oxygen atoms in total. The Labute approximate surface area is 139 Å². The highest BCUT2D eigenvalue weighted by atomic mass is 19.1. The molecule has 2 aromatic carbocycles. The molecule has 0 saturated carbocycles. The van der Waals surface area contributed by atoms with Crippen molar-refractivity contribution in [1.82, 2.24) is 19.9 Å². The second-order valence-electron chi connectivity index (χ2n) is 5.56. The number of amides is 1. The van der Waals surface area contributed by atoms with Gasteiger partial charge in [-0.05, 0) is 49.7 Å². The summed E-state index contributed by atoms with van der Waals surface area (Å²) >= 11 is 0. The molecule has 0 aliphatic heterocycles. The van der Waals surface area contributed by atoms with Crippen LogP contribution in [0.25, 0.3) is 11.0 Å². The van der Waals surface area contributed by atoms with Crippen LogP contribution >= 0.6 is 0 Å². The maximum atomic E-state index is 13.3. The lowest BCUT2D eigenvalue weighted by Gasteiger charge is -2.21. The summed E-state index contributed by atoms with van der Waals surface area (Å²) in [6, 6.07) is 11.7. The lowest BCUT2D eigenvalue weighted by molar-refractivity contribution is 0.0752. The molecule has 0 saturated heterocycles. The summed E-state index contributed by atoms with van der Waals surface area (Å²) in [5.74, 6) is -0.400. The molecule has 24 heavy (non-hydrogen) atoms. The molecule has 1 amide bonds. The van der Waals surface area contributed by atoms with E-state index in [9.17, 15) is 9.18 Å². The van der Waals surface area contributed by atoms with Crippen LogP contribution in [0.1, 0.15) is 29.8 Å². The van der Waals surface area contributed by atoms with Gasteiger partial charge in [-0.1, -0.05) is 17.3 Å². The number of rotatable bonds is 5. The van der Waals surface area contributed by atoms with Gasteiger partial charge in [0.25, 0.3) is 5.91 Å². The first-order chi connectivity index (χ1) is 11.6. The van der Waals surface area contributed by atoms with Crippen LogP contribution in [0.3, 0.4) is 0 Å². The van der Waals surface area contributed by atoms with E-state index in [1.807, 2.05) is 26.0 Å². The minimum Gasteiger partial charge on any atom is -0.335 e. The normalized spacial score (nSPS) is 11.0. The first-order valence-corrected chi connectivity index (χ1v) is 7.99. The van der Waals surface area contributed by atoms with Crippen molar-refractivity contribution in [3.63, 3.8) is 0 Å². The number of aryl methyl sites for hydroxylation is 1. The third-order valence-corrected chi connectivity index (χ3v) is 3.99. The van der Waals surface area contributed by atoms with Crippen molar-refractivity contribution in [2.24, 2.45) is 0 Å². The number of aromatic nitrogens is 3. The second kappa shape index (κ2) is 6.78. The fraction of sp³-hybridized carbons (Fsp3) is 0.278. The van der Waals surface area contributed by atoms with Crippen LogP contribution in [-0.2, 0) is 13.1 Å². The maximum absolute atomic E-state index is 13.3. The topological polar surface area (TPSA) is 51.0 Å². The van der Waals surface area contributed by atoms with Gasteiger partial charge in [-0.2, -0.15) is 0 Å². The number of hydrogen-bond acceptors (Lipinski definition) is 3. The van der Waals surface area contributed by atoms with Gasteiger partial charge >= 0.3 is 0 Å². The Morgan fingerprint density at radius 1 is 1.21 bits per heavy atom. The third kappa shape index (κ3) is 3.13. The molecule has 0 spiro atoms. The number of carbonyl (C=O) groups is 1. The van der Waals surface area contributed by atoms with E-state index < -0.39 is 0 Å². The Hall–Kier alpha value is -2.76. The van der Waals surface area contributed by atoms with E-state index in [2.05, 4.69) is 10.3 Å². The Bertz CT molecular complexity index is 874. The lowest BCUT2D eigenvalue weighted by Crippen LogP contribution is -2.30. The molecule has 3 aromatic rings. The van der Waals surface area contributed by atoms with Gasteiger partial charge in [0.05, 0.1) is 5.52 Å². The SMILES string of the molecule is CCN(Cc1cccc(F)c1)C(=O)c1ccc2c(c1)nnn2CC. The van der Waals surface area contributed by atoms with Crippen LogP contribution in [0.5, 0.6) is 0 Å². The smallest absolute Gasteiger partial charge is 0.254 e. The Kier molecular flexibility index (Phi) is 4.55. The minimum absolute atomic E-state index is 0.102. The lowest BCUT2D eigenvalue weighted by atomic mass is 10.1. The number of hydrogen-bond donors (Lipinski definition) is 0. The summed E-state index contributed by atoms with van der Waals surface area (Å²) in [4.78, 5) is 14.4. The molecular weight excluding hydrogens is 307 g/mol. The standard InChI is InChI=1S/C18H19FN4O/c1-3-22(12-13-6-5-7-15(19)10-13)18(24)14-8-9-17-16(11-14)20-21-23(17)4-2/h5-11H,3-4,12H2,1-2H3. The summed E-state index contributed by atoms with van der Waals surface area (Å²) < 4.78 is 15.1. The van der Waals surface area contributed by atoms with Gasteiger partial charge in [-0.15, -0.1) is 5.10 Å². The van der Waals surface area contributed by atoms with Gasteiger partial charge in [0.1, 0.15) is 11.3 Å². The summed E-state index contributed by atoms with van der Waals surface area (Å²) in [6.07, 6.45) is 0. The van der Waals surface area contributed by atoms with Crippen LogP contribution in [0.4, 0.5) is 4.39 Å². The molecule has 0 N–H and O–H groups in total. The summed E-state index contributed by atoms with van der Waals surface area (Å²) in [5.41, 5.74) is 2.93. The number of benzene rings is 2. The van der Waals surface area contributed by atoms with E-state index in [1.54, 1.807) is 27.8 Å². The Morgan fingerprint density at radius 2 is 2.04 bits per heavy atom. The quantitative estimate of drug-likeness (QED) is 0.723. The third-order valence-electron chi connectivity index (χ3n) is 3.99. The summed E-state index contributed by atoms with van der Waals surface area (Å²) in [7, 11) is 0. The maximum Gasteiger partial charge on any atom is 0.254 e. The van der Waals surface area contributed by atoms with E-state index >= 15 is 0 Å². The van der Waals surface area contributed by atoms with E-state index in [0.29, 0.717) is 24.2 Å². The highest BCUT2D eigenvalue weighted by Crippen LogP contribution is 2.16. The molecule has 0 unspecified atom stereocenters. The highest BCUT2D eigenvalue weighted by molar-refractivity contribution is 5.97. The van der Waals surface area contributed by atoms with Crippen molar-refractivity contribution >= 4 is 16.9 Å². The van der Waals surface area contributed by atoms with Crippen molar-refractivity contribution in [3.8, 4) is 0 Å². The Balaban J connectivity index is 1.85. The molecule has 0 aliphatic carbocycles. The predicted octanol–water partition coefficient (Wildman–Crippen LogP) is 3.25. The first kappa shape index (κ1) is 16.1. The van der Waals surface area contributed by atoms with E-state index in [4.69, 9.17) is 0 Å². The largest absolute Gasteiger partial charge is 0.335 e. The van der Waals surface area contributed by atoms with Crippen molar-refractivity contribution in [1.29, 1.82) is 0 Å². The molecule has 0 fully saturated rings. The zero-order valence-corrected chi connectivity index (χ0v) is 13.7. The van der Waals surface area contributed by atoms with Gasteiger partial charge in [-0.3, -0.25) is 4.79 Å². The van der Waals surface area contributed by atoms with Gasteiger partial charge in [0, 0.05) is 25.2 Å². The average molecular weight is 326 g/mol. The summed E-state index contributed by atoms with van der Waals surface area (Å²) in [5, 5.41) is 8.16. The number of carbonyl (C=O) groups excluding carboxylic acids is 1. The molecule has 3 rings (SSSR count). The monoisotopic (exact) mass is 326 g/mol. The average Bonchev–Trinajstić information content (AvgIpc) is 3.01. The minimum atomic E-state index is -0.298. The van der Waals surface area contributed by atoms with Crippen molar-refractivity contribution in [2.45, 2.75) is 26.9 Å². The first-order valence-electron chi connectivity index (χ1n) is 7.99. The van der Waals surface area contributed by atoms with Crippen molar-refractivity contribution < 1.29 is 9.18 Å². The fourth-order valence-corrected chi connectivity index (χ4v) is 2.70. The predicted molar refractivity (Wildman–Crippen MR) is 90.0 cm³/mol. The van der Waals surface area contributed by atoms with Crippen molar-refractivity contribution in [2.75, 3.05) is 6.54 Å². The highest BCUT2D eigenvalue weighted by Gasteiger charge is 2.16. The van der Waals surface area contributed by atoms with Crippen LogP contribution in [0, 0.1) is 5.82 Å². The van der Waals surface area contributed by atoms with Gasteiger partial charge in [0.2, 0.25) is 0 Å². The molecule has 1 aromatic heterocycles.